The molecule has 32 aromatic carbocycles. The van der Waals surface area contributed by atoms with Crippen LogP contribution in [-0.2, 0) is 54.7 Å². The Kier molecular flexibility index (Phi) is 9.18. The second-order valence-corrected chi connectivity index (χ2v) is 51.6. The van der Waals surface area contributed by atoms with Gasteiger partial charge in [-0.2, -0.15) is 0 Å². The lowest BCUT2D eigenvalue weighted by atomic mass is 9.68. The second kappa shape index (κ2) is 18.4. The van der Waals surface area contributed by atoms with Crippen LogP contribution >= 0.6 is 0 Å². The fourth-order valence-corrected chi connectivity index (χ4v) is 35.2. The molecule has 0 radical (unpaired) electrons. The minimum Gasteiger partial charge on any atom is -0.354 e. The predicted octanol–water partition coefficient (Wildman–Crippen LogP) is 34.7. The van der Waals surface area contributed by atoms with Crippen LogP contribution in [0.15, 0.2) is 103 Å². The topological polar surface area (TPSA) is 86.5 Å². The van der Waals surface area contributed by atoms with E-state index in [2.05, 4.69) is 267 Å². The van der Waals surface area contributed by atoms with Crippen LogP contribution in [0.3, 0.4) is 0 Å². The third-order valence-electron chi connectivity index (χ3n) is 39.8. The first-order valence-electron chi connectivity index (χ1n) is 50.6. The zero-order chi connectivity index (χ0) is 90.0. The van der Waals surface area contributed by atoms with E-state index in [0.29, 0.717) is 6.54 Å². The molecule has 5 heterocycles. The first kappa shape index (κ1) is 68.4. The molecule has 8 bridgehead atoms. The molecule has 2 spiro atoms. The van der Waals surface area contributed by atoms with Gasteiger partial charge in [0.15, 0.2) is 0 Å². The molecule has 0 saturated heterocycles. The van der Waals surface area contributed by atoms with Gasteiger partial charge >= 0.3 is 0 Å². The number of carbonyl (C=O) groups excluding carboxylic acids is 1. The summed E-state index contributed by atoms with van der Waals surface area (Å²) in [6.07, 6.45) is 9.10. The van der Waals surface area contributed by atoms with Gasteiger partial charge in [0, 0.05) is 50.9 Å². The molecule has 5 aliphatic carbocycles. The van der Waals surface area contributed by atoms with Gasteiger partial charge in [-0.3, -0.25) is 4.79 Å². The molecular weight excluding hydrogens is 1660 g/mol. The summed E-state index contributed by atoms with van der Waals surface area (Å²) in [7, 11) is 0. The van der Waals surface area contributed by atoms with Crippen molar-refractivity contribution in [3.05, 3.63) is 187 Å². The number of aromatic amines is 2. The minimum atomic E-state index is -0.628. The van der Waals surface area contributed by atoms with Crippen LogP contribution in [0.1, 0.15) is 209 Å². The summed E-state index contributed by atoms with van der Waals surface area (Å²) in [6.45, 7) is 42.5. The molecule has 0 atom stereocenters. The molecule has 42 rings (SSSR count). The first-order chi connectivity index (χ1) is 65.8. The highest BCUT2D eigenvalue weighted by atomic mass is 16.2. The number of aromatic nitrogens is 4. The van der Waals surface area contributed by atoms with Crippen LogP contribution < -0.4 is 5.32 Å². The number of carbonyl (C=O) groups is 1. The van der Waals surface area contributed by atoms with E-state index in [1.165, 1.54) is 76.5 Å². The summed E-state index contributed by atoms with van der Waals surface area (Å²) in [4.78, 5) is 38.5. The molecule has 3 N–H and O–H groups in total. The van der Waals surface area contributed by atoms with Crippen LogP contribution in [0.5, 0.6) is 0 Å². The van der Waals surface area contributed by atoms with Crippen LogP contribution in [0, 0.1) is 5.92 Å². The molecule has 1 saturated carbocycles. The molecule has 0 unspecified atom stereocenters. The van der Waals surface area contributed by atoms with Gasteiger partial charge in [0.1, 0.15) is 0 Å². The molecule has 7 aliphatic rings. The van der Waals surface area contributed by atoms with Gasteiger partial charge < -0.3 is 15.3 Å². The van der Waals surface area contributed by atoms with Gasteiger partial charge in [-0.05, 0) is 455 Å². The van der Waals surface area contributed by atoms with Crippen LogP contribution in [-0.4, -0.2) is 25.8 Å². The van der Waals surface area contributed by atoms with Crippen molar-refractivity contribution in [1.29, 1.82) is 0 Å². The number of amides is 1. The molecule has 3 aromatic heterocycles. The maximum atomic E-state index is 18.0. The minimum absolute atomic E-state index is 0.140. The van der Waals surface area contributed by atoms with Crippen molar-refractivity contribution in [3.8, 4) is 44.5 Å². The molecular formula is C131H81N5O. The number of benzene rings is 22. The van der Waals surface area contributed by atoms with Gasteiger partial charge in [-0.1, -0.05) is 203 Å². The molecule has 2 aliphatic heterocycles. The van der Waals surface area contributed by atoms with Gasteiger partial charge in [0.25, 0.3) is 0 Å². The maximum Gasteiger partial charge on any atom is 0.225 e. The fraction of sp³-hybridized carbons (Fsp3) is 0.214. The Labute approximate surface area is 779 Å². The predicted molar refractivity (Wildman–Crippen MR) is 582 cm³/mol. The third kappa shape index (κ3) is 5.86. The van der Waals surface area contributed by atoms with Gasteiger partial charge in [-0.15, -0.1) is 0 Å². The van der Waals surface area contributed by atoms with E-state index >= 15 is 4.79 Å². The molecule has 6 heteroatoms. The normalized spacial score (nSPS) is 18.7. The van der Waals surface area contributed by atoms with Crippen LogP contribution in [0.2, 0.25) is 0 Å². The van der Waals surface area contributed by atoms with E-state index in [4.69, 9.17) is 9.97 Å². The Morgan fingerprint density at radius 2 is 0.416 bits per heavy atom. The Bertz CT molecular complexity index is 11100. The van der Waals surface area contributed by atoms with Crippen LogP contribution in [0.4, 0.5) is 0 Å². The fourth-order valence-electron chi connectivity index (χ4n) is 35.2. The van der Waals surface area contributed by atoms with Crippen molar-refractivity contribution < 1.29 is 4.79 Å². The van der Waals surface area contributed by atoms with Crippen molar-refractivity contribution in [2.75, 3.05) is 0 Å². The number of H-pyrrole nitrogens is 2. The summed E-state index contributed by atoms with van der Waals surface area (Å²) in [6, 6.07) is 40.4. The lowest BCUT2D eigenvalue weighted by Crippen LogP contribution is -2.28. The lowest BCUT2D eigenvalue weighted by molar-refractivity contribution is -0.123. The van der Waals surface area contributed by atoms with E-state index in [0.717, 1.165) is 94.9 Å². The first-order valence-corrected chi connectivity index (χ1v) is 50.6. The molecule has 1 amide bonds. The Hall–Kier alpha value is -14.6. The summed E-state index contributed by atoms with van der Waals surface area (Å²) < 4.78 is 0. The third-order valence-corrected chi connectivity index (χ3v) is 39.8. The van der Waals surface area contributed by atoms with E-state index in [-0.39, 0.29) is 44.3 Å². The second-order valence-electron chi connectivity index (χ2n) is 51.6. The zero-order valence-corrected chi connectivity index (χ0v) is 79.2. The lowest BCUT2D eigenvalue weighted by Gasteiger charge is -2.32. The van der Waals surface area contributed by atoms with Crippen molar-refractivity contribution in [1.82, 2.24) is 25.3 Å². The summed E-state index contributed by atoms with van der Waals surface area (Å²) >= 11 is 0. The van der Waals surface area contributed by atoms with Crippen molar-refractivity contribution in [2.24, 2.45) is 5.92 Å². The Morgan fingerprint density at radius 3 is 0.599 bits per heavy atom. The summed E-state index contributed by atoms with van der Waals surface area (Å²) in [5.74, 6) is -0.182. The molecule has 1 fully saturated rings. The van der Waals surface area contributed by atoms with Crippen molar-refractivity contribution in [3.63, 3.8) is 0 Å². The maximum absolute atomic E-state index is 18.0. The zero-order valence-electron chi connectivity index (χ0n) is 79.2. The number of nitrogens with zero attached hydrogens (tertiary/aromatic N) is 2. The highest BCUT2D eigenvalue weighted by molar-refractivity contribution is 6.82. The SMILES string of the molecule is CC(C)(C)c1cc(-c2c3nc(c(-c4cc(C(C)(C)C)cc(C(C)(C)C)c4)c4ccc([nH]4)c(-c4cc(C(C)(C)C)cc(C(C)(C)C)c4)c4nc(c(-c5ccc(CNC(=O)C6C78c9c%10c%11c%12c%13c%14c(c%15c%16c7c7c9c9c%17c%10c%10c%11c%11c%13c%13c%18c%14c%14c%15c%15c%16c%16c7c7c9c9c%17c%17c%10c%10c%11c%13c%11c%13c%18c%14c%14c%15c%15c%16c7c7c9c9c%17c%10c%11c%10c%13c%14c%15c7c9%10)C%1268)cc5)c5ccc2[nH]5)C=C4)C=C3)cc(C(C)(C)C)c1. The molecule has 6 nitrogen and oxygen atoms in total. The van der Waals surface area contributed by atoms with Crippen LogP contribution in [0.25, 0.3) is 382 Å². The average molecular weight is 1740 g/mol. The molecule has 35 aromatic rings. The molecule has 137 heavy (non-hydrogen) atoms. The monoisotopic (exact) mass is 1740 g/mol. The summed E-state index contributed by atoms with van der Waals surface area (Å²) in [5.41, 5.74) is 28.7. The Morgan fingerprint density at radius 1 is 0.241 bits per heavy atom. The number of nitrogens with one attached hydrogen (secondary N) is 3. The molecule has 636 valence electrons. The highest BCUT2D eigenvalue weighted by Gasteiger charge is 2.89. The van der Waals surface area contributed by atoms with E-state index in [1.807, 2.05) is 0 Å². The van der Waals surface area contributed by atoms with Crippen molar-refractivity contribution in [2.45, 2.75) is 174 Å². The highest BCUT2D eigenvalue weighted by Crippen LogP contribution is 2.93. The van der Waals surface area contributed by atoms with E-state index in [1.54, 1.807) is 270 Å². The smallest absolute Gasteiger partial charge is 0.225 e. The average Bonchev–Trinajstić information content (AvgIpc) is 1.36. The van der Waals surface area contributed by atoms with E-state index in [9.17, 15) is 0 Å². The Balaban J connectivity index is 0.553. The summed E-state index contributed by atoms with van der Waals surface area (Å²) in [5, 5.41) is 88.9. The quantitative estimate of drug-likeness (QED) is 0.139. The van der Waals surface area contributed by atoms with E-state index < -0.39 is 10.8 Å². The number of fused-ring (bicyclic) bond motifs is 8. The largest absolute Gasteiger partial charge is 0.354 e. The van der Waals surface area contributed by atoms with Gasteiger partial charge in [-0.25, -0.2) is 9.97 Å². The van der Waals surface area contributed by atoms with Gasteiger partial charge in [0.05, 0.1) is 39.5 Å². The number of hydrogen-bond acceptors (Lipinski definition) is 3. The van der Waals surface area contributed by atoms with Crippen molar-refractivity contribution >= 4 is 343 Å². The standard InChI is InChI=1S/C131H81N5O/c1-124(2,3)46-31-43(32-47(37-46)125(4,5)6)61-54-25-23-52(133-54)60(53-24-26-55(134-53)62(44-33-48(126(7,8)9)38-49(34-44)127(10,11)12)57-28-30-59(136-57)63(58-29-27-56(61)135-58)45-35-50(128(13,14)15)39-51(36-45)129(16,17)18)42-21-19-41(20-22-42)40-132-123(137)122-130-118-110-102-92-82-74-66-64-65-68-72-70(66)78-86-80(72)90-84-76(68)77-69(65)73-71-67(64)75(74)83-89-79(71)87-81(73)91-85(77)95-94(84)104-98(90)108-100(86)106(96(102)88(78)82)114(118)116(108)120-112(104)113-105(95)99(91)109-101(87)107-97(89)103(93(83)92)111(110)119(130)115(107)117(109)121(113)131(120,122)130/h19-39,122,133,136H,40H2,1-18H3,(H,132,137). The number of hydrogen-bond donors (Lipinski definition) is 3. The van der Waals surface area contributed by atoms with Gasteiger partial charge in [0.2, 0.25) is 5.91 Å². The number of rotatable bonds is 7.